The van der Waals surface area contributed by atoms with Crippen LogP contribution in [0, 0.1) is 0 Å². The molecule has 5 nitrogen and oxygen atoms in total. The van der Waals surface area contributed by atoms with Crippen molar-refractivity contribution in [3.05, 3.63) is 11.9 Å². The number of nitrogens with one attached hydrogen (secondary N) is 1. The van der Waals surface area contributed by atoms with Crippen LogP contribution in [0.5, 0.6) is 0 Å². The summed E-state index contributed by atoms with van der Waals surface area (Å²) in [6.45, 7) is 3.99. The van der Waals surface area contributed by atoms with Crippen molar-refractivity contribution in [2.75, 3.05) is 12.4 Å². The monoisotopic (exact) mass is 197 g/mol. The fraction of sp³-hybridized carbons (Fsp3) is 0.556. The fourth-order valence-electron chi connectivity index (χ4n) is 1.15. The second-order valence-corrected chi connectivity index (χ2v) is 3.36. The molecule has 0 spiro atoms. The van der Waals surface area contributed by atoms with E-state index in [-0.39, 0.29) is 6.04 Å². The number of anilines is 1. The number of aromatic nitrogens is 2. The van der Waals surface area contributed by atoms with Gasteiger partial charge in [-0.2, -0.15) is 5.10 Å². The third-order valence-electron chi connectivity index (χ3n) is 1.65. The van der Waals surface area contributed by atoms with Crippen molar-refractivity contribution in [1.29, 1.82) is 0 Å². The van der Waals surface area contributed by atoms with Crippen LogP contribution >= 0.6 is 0 Å². The first-order chi connectivity index (χ1) is 6.54. The van der Waals surface area contributed by atoms with E-state index in [1.54, 1.807) is 17.9 Å². The number of ether oxygens (including phenoxy) is 1. The van der Waals surface area contributed by atoms with Gasteiger partial charge < -0.3 is 10.1 Å². The summed E-state index contributed by atoms with van der Waals surface area (Å²) in [5.41, 5.74) is 1.03. The molecule has 0 saturated heterocycles. The lowest BCUT2D eigenvalue weighted by Gasteiger charge is -2.07. The molecule has 0 bridgehead atoms. The highest BCUT2D eigenvalue weighted by atomic mass is 16.5. The highest BCUT2D eigenvalue weighted by molar-refractivity contribution is 5.93. The first-order valence-corrected chi connectivity index (χ1v) is 4.43. The summed E-state index contributed by atoms with van der Waals surface area (Å²) < 4.78 is 6.20. The molecule has 0 aliphatic rings. The maximum absolute atomic E-state index is 11.3. The quantitative estimate of drug-likeness (QED) is 0.735. The number of carbonyl (C=O) groups excluding carboxylic acids is 1. The molecule has 78 valence electrons. The Bertz CT molecular complexity index is 331. The zero-order valence-corrected chi connectivity index (χ0v) is 8.87. The summed E-state index contributed by atoms with van der Waals surface area (Å²) in [5.74, 6) is -0.422. The van der Waals surface area contributed by atoms with Gasteiger partial charge >= 0.3 is 5.97 Å². The molecule has 0 atom stereocenters. The average molecular weight is 197 g/mol. The van der Waals surface area contributed by atoms with Crippen molar-refractivity contribution in [2.45, 2.75) is 19.9 Å². The summed E-state index contributed by atoms with van der Waals surface area (Å²) in [4.78, 5) is 11.3. The Balaban J connectivity index is 2.96. The fourth-order valence-corrected chi connectivity index (χ4v) is 1.15. The summed E-state index contributed by atoms with van der Waals surface area (Å²) in [7, 11) is 3.11. The van der Waals surface area contributed by atoms with Crippen LogP contribution in [-0.4, -0.2) is 28.9 Å². The zero-order valence-electron chi connectivity index (χ0n) is 8.87. The molecule has 14 heavy (non-hydrogen) atoms. The highest BCUT2D eigenvalue weighted by Gasteiger charge is 2.16. The standard InChI is InChI=1S/C9H15N3O2/c1-6(2)10-7-5-12(3)11-8(7)9(13)14-4/h5-6,10H,1-4H3. The van der Waals surface area contributed by atoms with Crippen molar-refractivity contribution >= 4 is 11.7 Å². The molecule has 0 fully saturated rings. The van der Waals surface area contributed by atoms with Crippen LogP contribution in [-0.2, 0) is 11.8 Å². The number of nitrogens with zero attached hydrogens (tertiary/aromatic N) is 2. The van der Waals surface area contributed by atoms with E-state index in [0.29, 0.717) is 11.4 Å². The Morgan fingerprint density at radius 3 is 2.79 bits per heavy atom. The average Bonchev–Trinajstić information content (AvgIpc) is 2.44. The molecule has 1 aromatic heterocycles. The Kier molecular flexibility index (Phi) is 3.11. The first kappa shape index (κ1) is 10.6. The van der Waals surface area contributed by atoms with Crippen LogP contribution in [0.2, 0.25) is 0 Å². The summed E-state index contributed by atoms with van der Waals surface area (Å²) in [6.07, 6.45) is 1.76. The van der Waals surface area contributed by atoms with Crippen LogP contribution in [0.3, 0.4) is 0 Å². The first-order valence-electron chi connectivity index (χ1n) is 4.43. The Labute approximate surface area is 83.1 Å². The Morgan fingerprint density at radius 2 is 2.29 bits per heavy atom. The van der Waals surface area contributed by atoms with Gasteiger partial charge in [0.25, 0.3) is 0 Å². The van der Waals surface area contributed by atoms with Crippen molar-refractivity contribution < 1.29 is 9.53 Å². The molecule has 1 heterocycles. The summed E-state index contributed by atoms with van der Waals surface area (Å²) in [5, 5.41) is 7.14. The van der Waals surface area contributed by atoms with Crippen molar-refractivity contribution in [2.24, 2.45) is 7.05 Å². The molecule has 0 radical (unpaired) electrons. The lowest BCUT2D eigenvalue weighted by Crippen LogP contribution is -2.13. The maximum Gasteiger partial charge on any atom is 0.360 e. The molecule has 1 aromatic rings. The molecule has 0 aliphatic heterocycles. The predicted octanol–water partition coefficient (Wildman–Crippen LogP) is 1.03. The van der Waals surface area contributed by atoms with E-state index in [2.05, 4.69) is 15.2 Å². The summed E-state index contributed by atoms with van der Waals surface area (Å²) >= 11 is 0. The molecule has 0 amide bonds. The van der Waals surface area contributed by atoms with Gasteiger partial charge in [-0.15, -0.1) is 0 Å². The van der Waals surface area contributed by atoms with Crippen LogP contribution in [0.4, 0.5) is 5.69 Å². The van der Waals surface area contributed by atoms with E-state index < -0.39 is 5.97 Å². The number of esters is 1. The second kappa shape index (κ2) is 4.13. The van der Waals surface area contributed by atoms with Crippen LogP contribution < -0.4 is 5.32 Å². The third kappa shape index (κ3) is 2.25. The Morgan fingerprint density at radius 1 is 1.64 bits per heavy atom. The molecule has 5 heteroatoms. The molecule has 1 rings (SSSR count). The molecular weight excluding hydrogens is 182 g/mol. The minimum Gasteiger partial charge on any atom is -0.464 e. The molecule has 0 saturated carbocycles. The normalized spacial score (nSPS) is 10.4. The van der Waals surface area contributed by atoms with Crippen molar-refractivity contribution in [1.82, 2.24) is 9.78 Å². The van der Waals surface area contributed by atoms with E-state index >= 15 is 0 Å². The molecular formula is C9H15N3O2. The number of methoxy groups -OCH3 is 1. The predicted molar refractivity (Wildman–Crippen MR) is 53.3 cm³/mol. The van der Waals surface area contributed by atoms with Crippen molar-refractivity contribution in [3.63, 3.8) is 0 Å². The molecule has 0 aromatic carbocycles. The van der Waals surface area contributed by atoms with E-state index in [4.69, 9.17) is 0 Å². The minimum atomic E-state index is -0.422. The van der Waals surface area contributed by atoms with Gasteiger partial charge in [-0.25, -0.2) is 4.79 Å². The lowest BCUT2D eigenvalue weighted by molar-refractivity contribution is 0.0594. The maximum atomic E-state index is 11.3. The number of aryl methyl sites for hydroxylation is 1. The van der Waals surface area contributed by atoms with Crippen molar-refractivity contribution in [3.8, 4) is 0 Å². The van der Waals surface area contributed by atoms with Gasteiger partial charge in [0.1, 0.15) is 0 Å². The second-order valence-electron chi connectivity index (χ2n) is 3.36. The number of rotatable bonds is 3. The SMILES string of the molecule is COC(=O)c1nn(C)cc1NC(C)C. The topological polar surface area (TPSA) is 56.1 Å². The largest absolute Gasteiger partial charge is 0.464 e. The number of hydrogen-bond donors (Lipinski definition) is 1. The molecule has 1 N–H and O–H groups in total. The number of hydrogen-bond acceptors (Lipinski definition) is 4. The van der Waals surface area contributed by atoms with Crippen LogP contribution in [0.25, 0.3) is 0 Å². The third-order valence-corrected chi connectivity index (χ3v) is 1.65. The van der Waals surface area contributed by atoms with Gasteiger partial charge in [0.05, 0.1) is 12.8 Å². The van der Waals surface area contributed by atoms with Crippen LogP contribution in [0.1, 0.15) is 24.3 Å². The van der Waals surface area contributed by atoms with Gasteiger partial charge in [0.2, 0.25) is 0 Å². The smallest absolute Gasteiger partial charge is 0.360 e. The molecule has 0 unspecified atom stereocenters. The summed E-state index contributed by atoms with van der Waals surface area (Å²) in [6, 6.07) is 0.252. The van der Waals surface area contributed by atoms with E-state index in [1.165, 1.54) is 7.11 Å². The van der Waals surface area contributed by atoms with E-state index in [1.807, 2.05) is 13.8 Å². The van der Waals surface area contributed by atoms with Gasteiger partial charge in [-0.1, -0.05) is 0 Å². The Hall–Kier alpha value is -1.52. The van der Waals surface area contributed by atoms with Crippen LogP contribution in [0.15, 0.2) is 6.20 Å². The van der Waals surface area contributed by atoms with Gasteiger partial charge in [0, 0.05) is 19.3 Å². The zero-order chi connectivity index (χ0) is 10.7. The molecule has 0 aliphatic carbocycles. The number of carbonyl (C=O) groups is 1. The van der Waals surface area contributed by atoms with E-state index in [9.17, 15) is 4.79 Å². The van der Waals surface area contributed by atoms with Gasteiger partial charge in [-0.3, -0.25) is 4.68 Å². The van der Waals surface area contributed by atoms with E-state index in [0.717, 1.165) is 0 Å². The lowest BCUT2D eigenvalue weighted by atomic mass is 10.3. The van der Waals surface area contributed by atoms with Gasteiger partial charge in [-0.05, 0) is 13.8 Å². The minimum absolute atomic E-state index is 0.252. The highest BCUT2D eigenvalue weighted by Crippen LogP contribution is 2.14. The van der Waals surface area contributed by atoms with Gasteiger partial charge in [0.15, 0.2) is 5.69 Å².